The fraction of sp³-hybridized carbons (Fsp3) is 0.364. The summed E-state index contributed by atoms with van der Waals surface area (Å²) in [6.45, 7) is 0. The lowest BCUT2D eigenvalue weighted by molar-refractivity contribution is 0.214. The molecule has 0 aliphatic rings. The summed E-state index contributed by atoms with van der Waals surface area (Å²) in [6.07, 6.45) is 4.56. The zero-order valence-electron chi connectivity index (χ0n) is 8.24. The van der Waals surface area contributed by atoms with Crippen LogP contribution in [0.2, 0.25) is 0 Å². The third-order valence-corrected chi connectivity index (χ3v) is 1.89. The molecule has 0 saturated heterocycles. The lowest BCUT2D eigenvalue weighted by Gasteiger charge is -1.98. The Hall–Kier alpha value is -1.38. The molecule has 0 amide bonds. The Labute approximate surface area is 83.4 Å². The maximum atomic E-state index is 12.5. The summed E-state index contributed by atoms with van der Waals surface area (Å²) in [5, 5.41) is 3.63. The smallest absolute Gasteiger partial charge is 0.123 e. The highest BCUT2D eigenvalue weighted by Gasteiger charge is 1.93. The van der Waals surface area contributed by atoms with Crippen LogP contribution in [-0.4, -0.2) is 13.3 Å². The summed E-state index contributed by atoms with van der Waals surface area (Å²) >= 11 is 0. The monoisotopic (exact) mass is 195 g/mol. The highest BCUT2D eigenvalue weighted by Crippen LogP contribution is 2.06. The van der Waals surface area contributed by atoms with Gasteiger partial charge in [-0.1, -0.05) is 17.3 Å². The zero-order valence-corrected chi connectivity index (χ0v) is 8.24. The largest absolute Gasteiger partial charge is 0.399 e. The van der Waals surface area contributed by atoms with Gasteiger partial charge < -0.3 is 4.84 Å². The minimum atomic E-state index is -0.185. The Morgan fingerprint density at radius 2 is 2.07 bits per heavy atom. The van der Waals surface area contributed by atoms with Crippen molar-refractivity contribution in [2.24, 2.45) is 5.16 Å². The fourth-order valence-corrected chi connectivity index (χ4v) is 1.18. The summed E-state index contributed by atoms with van der Waals surface area (Å²) in [4.78, 5) is 4.53. The van der Waals surface area contributed by atoms with Gasteiger partial charge in [0.05, 0.1) is 0 Å². The normalized spacial score (nSPS) is 10.7. The van der Waals surface area contributed by atoms with Crippen LogP contribution in [0.1, 0.15) is 18.4 Å². The topological polar surface area (TPSA) is 21.6 Å². The molecule has 2 nitrogen and oxygen atoms in total. The molecule has 0 aliphatic carbocycles. The second-order valence-corrected chi connectivity index (χ2v) is 2.99. The van der Waals surface area contributed by atoms with E-state index in [-0.39, 0.29) is 5.82 Å². The van der Waals surface area contributed by atoms with E-state index in [0.29, 0.717) is 0 Å². The summed E-state index contributed by atoms with van der Waals surface area (Å²) in [7, 11) is 1.52. The van der Waals surface area contributed by atoms with E-state index in [0.717, 1.165) is 24.8 Å². The molecule has 0 N–H and O–H groups in total. The average molecular weight is 195 g/mol. The Kier molecular flexibility index (Phi) is 4.69. The van der Waals surface area contributed by atoms with Crippen LogP contribution in [-0.2, 0) is 11.3 Å². The van der Waals surface area contributed by atoms with Gasteiger partial charge in [-0.3, -0.25) is 0 Å². The minimum absolute atomic E-state index is 0.185. The Bertz CT molecular complexity index is 282. The van der Waals surface area contributed by atoms with Gasteiger partial charge in [0.25, 0.3) is 0 Å². The van der Waals surface area contributed by atoms with Crippen molar-refractivity contribution in [2.45, 2.75) is 19.3 Å². The first-order chi connectivity index (χ1) is 6.83. The third kappa shape index (κ3) is 4.03. The molecule has 0 aliphatic heterocycles. The van der Waals surface area contributed by atoms with E-state index in [2.05, 4.69) is 9.99 Å². The van der Waals surface area contributed by atoms with Crippen LogP contribution in [0.25, 0.3) is 0 Å². The standard InChI is InChI=1S/C11H14FNO/c1-14-13-9-3-2-4-10-5-7-11(12)8-6-10/h5-9H,2-4H2,1H3. The summed E-state index contributed by atoms with van der Waals surface area (Å²) < 4.78 is 12.5. The molecule has 1 rings (SSSR count). The predicted molar refractivity (Wildman–Crippen MR) is 54.8 cm³/mol. The van der Waals surface area contributed by atoms with Crippen molar-refractivity contribution in [1.29, 1.82) is 0 Å². The van der Waals surface area contributed by atoms with Crippen LogP contribution in [0.3, 0.4) is 0 Å². The molecule has 0 spiro atoms. The van der Waals surface area contributed by atoms with Crippen LogP contribution >= 0.6 is 0 Å². The second kappa shape index (κ2) is 6.13. The Morgan fingerprint density at radius 1 is 1.36 bits per heavy atom. The number of oxime groups is 1. The maximum Gasteiger partial charge on any atom is 0.123 e. The van der Waals surface area contributed by atoms with E-state index in [1.54, 1.807) is 6.21 Å². The molecule has 0 radical (unpaired) electrons. The summed E-state index contributed by atoms with van der Waals surface area (Å²) in [5.41, 5.74) is 1.15. The van der Waals surface area contributed by atoms with E-state index in [9.17, 15) is 4.39 Å². The molecule has 0 unspecified atom stereocenters. The number of hydrogen-bond acceptors (Lipinski definition) is 2. The van der Waals surface area contributed by atoms with Crippen LogP contribution in [0, 0.1) is 5.82 Å². The lowest BCUT2D eigenvalue weighted by Crippen LogP contribution is -1.87. The van der Waals surface area contributed by atoms with Crippen molar-refractivity contribution in [2.75, 3.05) is 7.11 Å². The van der Waals surface area contributed by atoms with Gasteiger partial charge in [0.1, 0.15) is 12.9 Å². The van der Waals surface area contributed by atoms with Gasteiger partial charge in [0.2, 0.25) is 0 Å². The molecule has 0 fully saturated rings. The Morgan fingerprint density at radius 3 is 2.71 bits per heavy atom. The van der Waals surface area contributed by atoms with Crippen molar-refractivity contribution < 1.29 is 9.23 Å². The number of benzene rings is 1. The van der Waals surface area contributed by atoms with Crippen molar-refractivity contribution in [3.05, 3.63) is 35.6 Å². The Balaban J connectivity index is 2.25. The number of nitrogens with zero attached hydrogens (tertiary/aromatic N) is 1. The predicted octanol–water partition coefficient (Wildman–Crippen LogP) is 2.78. The van der Waals surface area contributed by atoms with Gasteiger partial charge in [-0.05, 0) is 37.0 Å². The van der Waals surface area contributed by atoms with Crippen LogP contribution < -0.4 is 0 Å². The number of aryl methyl sites for hydroxylation is 1. The van der Waals surface area contributed by atoms with Crippen molar-refractivity contribution in [1.82, 2.24) is 0 Å². The van der Waals surface area contributed by atoms with E-state index in [1.807, 2.05) is 12.1 Å². The fourth-order valence-electron chi connectivity index (χ4n) is 1.18. The zero-order chi connectivity index (χ0) is 10.2. The van der Waals surface area contributed by atoms with Gasteiger partial charge in [-0.2, -0.15) is 0 Å². The summed E-state index contributed by atoms with van der Waals surface area (Å²) in [5.74, 6) is -0.185. The SMILES string of the molecule is CON=CCCCc1ccc(F)cc1. The highest BCUT2D eigenvalue weighted by atomic mass is 19.1. The molecule has 3 heteroatoms. The van der Waals surface area contributed by atoms with Crippen molar-refractivity contribution in [3.8, 4) is 0 Å². The molecule has 1 aromatic rings. The first-order valence-electron chi connectivity index (χ1n) is 4.62. The molecular weight excluding hydrogens is 181 g/mol. The minimum Gasteiger partial charge on any atom is -0.399 e. The molecule has 0 bridgehead atoms. The summed E-state index contributed by atoms with van der Waals surface area (Å²) in [6, 6.07) is 6.59. The number of halogens is 1. The quantitative estimate of drug-likeness (QED) is 0.402. The molecule has 76 valence electrons. The van der Waals surface area contributed by atoms with E-state index in [4.69, 9.17) is 0 Å². The molecular formula is C11H14FNO. The molecule has 0 heterocycles. The number of unbranched alkanes of at least 4 members (excludes halogenated alkanes) is 1. The van der Waals surface area contributed by atoms with Gasteiger partial charge in [-0.15, -0.1) is 0 Å². The van der Waals surface area contributed by atoms with Crippen LogP contribution in [0.15, 0.2) is 29.4 Å². The van der Waals surface area contributed by atoms with Crippen molar-refractivity contribution in [3.63, 3.8) is 0 Å². The third-order valence-electron chi connectivity index (χ3n) is 1.89. The molecule has 1 aromatic carbocycles. The highest BCUT2D eigenvalue weighted by molar-refractivity contribution is 5.56. The van der Waals surface area contributed by atoms with Gasteiger partial charge in [-0.25, -0.2) is 4.39 Å². The number of rotatable bonds is 5. The first kappa shape index (κ1) is 10.7. The first-order valence-corrected chi connectivity index (χ1v) is 4.62. The van der Waals surface area contributed by atoms with Crippen LogP contribution in [0.5, 0.6) is 0 Å². The maximum absolute atomic E-state index is 12.5. The van der Waals surface area contributed by atoms with Gasteiger partial charge in [0.15, 0.2) is 0 Å². The van der Waals surface area contributed by atoms with E-state index < -0.39 is 0 Å². The molecule has 0 atom stereocenters. The van der Waals surface area contributed by atoms with Gasteiger partial charge >= 0.3 is 0 Å². The molecule has 0 aromatic heterocycles. The lowest BCUT2D eigenvalue weighted by atomic mass is 10.1. The van der Waals surface area contributed by atoms with E-state index in [1.165, 1.54) is 19.2 Å². The second-order valence-electron chi connectivity index (χ2n) is 2.99. The van der Waals surface area contributed by atoms with Crippen molar-refractivity contribution >= 4 is 6.21 Å². The van der Waals surface area contributed by atoms with Gasteiger partial charge in [0, 0.05) is 6.21 Å². The molecule has 0 saturated carbocycles. The molecule has 14 heavy (non-hydrogen) atoms. The number of hydrogen-bond donors (Lipinski definition) is 0. The van der Waals surface area contributed by atoms with E-state index >= 15 is 0 Å². The van der Waals surface area contributed by atoms with Crippen LogP contribution in [0.4, 0.5) is 4.39 Å². The average Bonchev–Trinajstić information content (AvgIpc) is 2.21.